The molecule has 146 valence electrons. The van der Waals surface area contributed by atoms with Crippen molar-refractivity contribution in [3.8, 4) is 12.1 Å². The number of nitriles is 2. The molecule has 26 heavy (non-hydrogen) atoms. The van der Waals surface area contributed by atoms with Crippen molar-refractivity contribution in [3.05, 3.63) is 0 Å². The first kappa shape index (κ1) is 22.9. The Morgan fingerprint density at radius 1 is 0.962 bits per heavy atom. The van der Waals surface area contributed by atoms with Gasteiger partial charge in [-0.1, -0.05) is 26.7 Å². The van der Waals surface area contributed by atoms with E-state index in [1.54, 1.807) is 8.61 Å². The SMILES string of the molecule is CCCC(NSN1CCN(SNC(CCC)C(C)C#N)C1=O)C(C)C#N. The highest BCUT2D eigenvalue weighted by Gasteiger charge is 2.32. The fourth-order valence-electron chi connectivity index (χ4n) is 2.55. The number of hydrogen-bond donors (Lipinski definition) is 2. The average Bonchev–Trinajstić information content (AvgIpc) is 3.00. The number of urea groups is 1. The van der Waals surface area contributed by atoms with Crippen LogP contribution in [-0.2, 0) is 0 Å². The predicted octanol–water partition coefficient (Wildman–Crippen LogP) is 3.69. The largest absolute Gasteiger partial charge is 0.342 e. The number of rotatable bonds is 12. The first-order valence-corrected chi connectivity index (χ1v) is 10.8. The maximum Gasteiger partial charge on any atom is 0.342 e. The number of nitrogens with one attached hydrogen (secondary N) is 2. The van der Waals surface area contributed by atoms with Gasteiger partial charge in [-0.15, -0.1) is 0 Å². The van der Waals surface area contributed by atoms with E-state index in [0.717, 1.165) is 25.7 Å². The van der Waals surface area contributed by atoms with Gasteiger partial charge in [-0.3, -0.25) is 8.61 Å². The van der Waals surface area contributed by atoms with E-state index in [1.165, 1.54) is 24.3 Å². The molecule has 1 rings (SSSR count). The molecule has 0 aromatic heterocycles. The van der Waals surface area contributed by atoms with Crippen LogP contribution in [0.5, 0.6) is 0 Å². The molecule has 0 spiro atoms. The van der Waals surface area contributed by atoms with E-state index >= 15 is 0 Å². The molecule has 4 atom stereocenters. The van der Waals surface area contributed by atoms with E-state index in [4.69, 9.17) is 10.5 Å². The van der Waals surface area contributed by atoms with Crippen molar-refractivity contribution in [2.75, 3.05) is 13.1 Å². The second-order valence-electron chi connectivity index (χ2n) is 6.53. The van der Waals surface area contributed by atoms with E-state index in [1.807, 2.05) is 13.8 Å². The lowest BCUT2D eigenvalue weighted by atomic mass is 10.0. The van der Waals surface area contributed by atoms with Crippen molar-refractivity contribution in [1.82, 2.24) is 18.1 Å². The van der Waals surface area contributed by atoms with Gasteiger partial charge in [0.15, 0.2) is 0 Å². The molecule has 0 saturated carbocycles. The molecule has 1 aliphatic heterocycles. The molecule has 0 aliphatic carbocycles. The summed E-state index contributed by atoms with van der Waals surface area (Å²) < 4.78 is 9.92. The maximum absolute atomic E-state index is 12.5. The monoisotopic (exact) mass is 398 g/mol. The van der Waals surface area contributed by atoms with Gasteiger partial charge in [0.1, 0.15) is 0 Å². The van der Waals surface area contributed by atoms with Gasteiger partial charge in [0, 0.05) is 36.4 Å². The Hall–Kier alpha value is -1.13. The first-order chi connectivity index (χ1) is 12.5. The van der Waals surface area contributed by atoms with E-state index in [2.05, 4.69) is 35.4 Å². The Labute approximate surface area is 166 Å². The van der Waals surface area contributed by atoms with E-state index in [-0.39, 0.29) is 30.0 Å². The summed E-state index contributed by atoms with van der Waals surface area (Å²) in [5, 5.41) is 18.3. The highest BCUT2D eigenvalue weighted by atomic mass is 32.2. The Bertz CT molecular complexity index is 476. The van der Waals surface area contributed by atoms with Gasteiger partial charge in [0.25, 0.3) is 0 Å². The molecule has 1 heterocycles. The zero-order valence-corrected chi connectivity index (χ0v) is 17.7. The van der Waals surface area contributed by atoms with E-state index in [9.17, 15) is 4.79 Å². The van der Waals surface area contributed by atoms with Crippen LogP contribution < -0.4 is 9.44 Å². The average molecular weight is 399 g/mol. The summed E-state index contributed by atoms with van der Waals surface area (Å²) in [6.45, 7) is 9.22. The number of hydrogen-bond acceptors (Lipinski definition) is 7. The third-order valence-electron chi connectivity index (χ3n) is 4.38. The Kier molecular flexibility index (Phi) is 10.8. The summed E-state index contributed by atoms with van der Waals surface area (Å²) in [6, 6.07) is 4.61. The molecule has 4 unspecified atom stereocenters. The lowest BCUT2D eigenvalue weighted by Gasteiger charge is -2.24. The van der Waals surface area contributed by atoms with Gasteiger partial charge in [-0.2, -0.15) is 10.5 Å². The summed E-state index contributed by atoms with van der Waals surface area (Å²) in [7, 11) is 0. The Morgan fingerprint density at radius 2 is 1.35 bits per heavy atom. The van der Waals surface area contributed by atoms with Gasteiger partial charge >= 0.3 is 6.03 Å². The molecule has 0 bridgehead atoms. The molecule has 1 fully saturated rings. The third-order valence-corrected chi connectivity index (χ3v) is 6.31. The summed E-state index contributed by atoms with van der Waals surface area (Å²) >= 11 is 2.58. The minimum Gasteiger partial charge on any atom is -0.252 e. The first-order valence-electron chi connectivity index (χ1n) is 9.21. The summed E-state index contributed by atoms with van der Waals surface area (Å²) in [5.74, 6) is -0.204. The van der Waals surface area contributed by atoms with Gasteiger partial charge in [-0.05, 0) is 26.7 Å². The minimum atomic E-state index is -0.102. The van der Waals surface area contributed by atoms with Crippen molar-refractivity contribution < 1.29 is 4.79 Å². The van der Waals surface area contributed by atoms with Crippen molar-refractivity contribution >= 4 is 30.3 Å². The van der Waals surface area contributed by atoms with Crippen LogP contribution in [0.2, 0.25) is 0 Å². The topological polar surface area (TPSA) is 95.2 Å². The summed E-state index contributed by atoms with van der Waals surface area (Å²) in [6.07, 6.45) is 3.77. The molecule has 0 radical (unpaired) electrons. The molecule has 9 heteroatoms. The molecular formula is C17H30N6OS2. The van der Waals surface area contributed by atoms with Gasteiger partial charge in [-0.25, -0.2) is 14.2 Å². The van der Waals surface area contributed by atoms with Crippen LogP contribution in [0.4, 0.5) is 4.79 Å². The van der Waals surface area contributed by atoms with Crippen LogP contribution in [0.3, 0.4) is 0 Å². The summed E-state index contributed by atoms with van der Waals surface area (Å²) in [5.41, 5.74) is 0. The van der Waals surface area contributed by atoms with Crippen molar-refractivity contribution in [2.45, 2.75) is 65.5 Å². The lowest BCUT2D eigenvalue weighted by Crippen LogP contribution is -2.36. The highest BCUT2D eigenvalue weighted by Crippen LogP contribution is 2.24. The van der Waals surface area contributed by atoms with Crippen LogP contribution in [0.25, 0.3) is 0 Å². The molecule has 0 aromatic carbocycles. The molecule has 2 N–H and O–H groups in total. The smallest absolute Gasteiger partial charge is 0.252 e. The molecule has 2 amide bonds. The number of carbonyl (C=O) groups excluding carboxylic acids is 1. The normalized spacial score (nSPS) is 18.9. The zero-order valence-electron chi connectivity index (χ0n) is 16.1. The second kappa shape index (κ2) is 12.3. The van der Waals surface area contributed by atoms with Crippen LogP contribution >= 0.6 is 24.3 Å². The van der Waals surface area contributed by atoms with Gasteiger partial charge in [0.05, 0.1) is 37.1 Å². The van der Waals surface area contributed by atoms with Crippen LogP contribution in [0.1, 0.15) is 53.4 Å². The van der Waals surface area contributed by atoms with Crippen molar-refractivity contribution in [1.29, 1.82) is 10.5 Å². The fraction of sp³-hybridized carbons (Fsp3) is 0.824. The number of carbonyl (C=O) groups is 1. The Balaban J connectivity index is 2.49. The third kappa shape index (κ3) is 6.88. The minimum absolute atomic E-state index is 0.0630. The van der Waals surface area contributed by atoms with Gasteiger partial charge in [0.2, 0.25) is 0 Å². The zero-order chi connectivity index (χ0) is 19.5. The number of amides is 2. The molecule has 1 saturated heterocycles. The van der Waals surface area contributed by atoms with Gasteiger partial charge < -0.3 is 0 Å². The number of nitrogens with zero attached hydrogens (tertiary/aromatic N) is 4. The summed E-state index contributed by atoms with van der Waals surface area (Å²) in [4.78, 5) is 12.5. The van der Waals surface area contributed by atoms with Crippen LogP contribution in [0, 0.1) is 34.5 Å². The van der Waals surface area contributed by atoms with Crippen molar-refractivity contribution in [3.63, 3.8) is 0 Å². The van der Waals surface area contributed by atoms with Crippen molar-refractivity contribution in [2.24, 2.45) is 11.8 Å². The maximum atomic E-state index is 12.5. The highest BCUT2D eigenvalue weighted by molar-refractivity contribution is 7.97. The molecular weight excluding hydrogens is 368 g/mol. The fourth-order valence-corrected chi connectivity index (χ4v) is 4.47. The molecule has 7 nitrogen and oxygen atoms in total. The standard InChI is InChI=1S/C17H30N6OS2/c1-5-7-15(13(3)11-18)20-25-22-9-10-23(17(22)24)26-21-16(8-6-2)14(4)12-19/h13-16,20-21H,5-10H2,1-4H3. The second-order valence-corrected chi connectivity index (χ2v) is 8.25. The van der Waals surface area contributed by atoms with E-state index in [0.29, 0.717) is 13.1 Å². The van der Waals surface area contributed by atoms with Crippen LogP contribution in [0.15, 0.2) is 0 Å². The van der Waals surface area contributed by atoms with E-state index < -0.39 is 0 Å². The molecule has 1 aliphatic rings. The Morgan fingerprint density at radius 3 is 1.65 bits per heavy atom. The van der Waals surface area contributed by atoms with Crippen LogP contribution in [-0.4, -0.2) is 39.8 Å². The molecule has 0 aromatic rings. The quantitative estimate of drug-likeness (QED) is 0.484. The lowest BCUT2D eigenvalue weighted by molar-refractivity contribution is 0.227. The predicted molar refractivity (Wildman–Crippen MR) is 107 cm³/mol.